The molecular weight excluding hydrogens is 322 g/mol. The summed E-state index contributed by atoms with van der Waals surface area (Å²) in [6, 6.07) is -0.316. The lowest BCUT2D eigenvalue weighted by atomic mass is 9.80. The van der Waals surface area contributed by atoms with Gasteiger partial charge in [0.05, 0.1) is 6.54 Å². The topological polar surface area (TPSA) is 91.6 Å². The number of likely N-dealkylation sites (tertiary alicyclic amines) is 1. The highest BCUT2D eigenvalue weighted by atomic mass is 16.5. The number of nitrogens with zero attached hydrogens (tertiary/aromatic N) is 4. The second-order valence-electron chi connectivity index (χ2n) is 7.28. The van der Waals surface area contributed by atoms with E-state index in [-0.39, 0.29) is 17.9 Å². The van der Waals surface area contributed by atoms with Crippen LogP contribution >= 0.6 is 0 Å². The van der Waals surface area contributed by atoms with Gasteiger partial charge in [0.15, 0.2) is 5.82 Å². The molecule has 0 radical (unpaired) electrons. The summed E-state index contributed by atoms with van der Waals surface area (Å²) in [5.41, 5.74) is -0.825. The predicted molar refractivity (Wildman–Crippen MR) is 90.6 cm³/mol. The second kappa shape index (κ2) is 7.11. The fourth-order valence-corrected chi connectivity index (χ4v) is 3.73. The first-order valence-corrected chi connectivity index (χ1v) is 9.08. The van der Waals surface area contributed by atoms with Crippen LogP contribution in [-0.2, 0) is 17.8 Å². The third kappa shape index (κ3) is 3.53. The van der Waals surface area contributed by atoms with E-state index in [4.69, 9.17) is 4.52 Å². The number of likely N-dealkylation sites (N-methyl/N-ethyl adjacent to an activating group) is 1. The van der Waals surface area contributed by atoms with Crippen molar-refractivity contribution in [2.24, 2.45) is 5.92 Å². The molecule has 0 saturated carbocycles. The van der Waals surface area contributed by atoms with Crippen molar-refractivity contribution >= 4 is 11.9 Å². The molecule has 0 aliphatic carbocycles. The van der Waals surface area contributed by atoms with E-state index in [9.17, 15) is 9.59 Å². The Kier molecular flexibility index (Phi) is 5.08. The number of carbonyl (C=O) groups excluding carboxylic acids is 2. The van der Waals surface area contributed by atoms with Gasteiger partial charge in [-0.05, 0) is 32.7 Å². The molecular formula is C17H27N5O3. The quantitative estimate of drug-likeness (QED) is 0.784. The molecule has 8 nitrogen and oxygen atoms in total. The molecule has 0 aromatic carbocycles. The normalized spacial score (nSPS) is 27.8. The molecule has 2 atom stereocenters. The van der Waals surface area contributed by atoms with Gasteiger partial charge in [-0.15, -0.1) is 0 Å². The van der Waals surface area contributed by atoms with Crippen LogP contribution in [0, 0.1) is 5.92 Å². The minimum absolute atomic E-state index is 0.0779. The number of urea groups is 1. The lowest BCUT2D eigenvalue weighted by Gasteiger charge is -2.39. The van der Waals surface area contributed by atoms with Gasteiger partial charge in [0, 0.05) is 25.9 Å². The molecule has 138 valence electrons. The Morgan fingerprint density at radius 3 is 2.88 bits per heavy atom. The largest absolute Gasteiger partial charge is 0.339 e. The summed E-state index contributed by atoms with van der Waals surface area (Å²) >= 11 is 0. The van der Waals surface area contributed by atoms with E-state index in [1.165, 1.54) is 11.9 Å². The smallest absolute Gasteiger partial charge is 0.324 e. The number of rotatable bonds is 6. The molecule has 25 heavy (non-hydrogen) atoms. The molecule has 1 N–H and O–H groups in total. The summed E-state index contributed by atoms with van der Waals surface area (Å²) < 4.78 is 5.29. The van der Waals surface area contributed by atoms with Crippen molar-refractivity contribution in [3.63, 3.8) is 0 Å². The maximum atomic E-state index is 12.5. The van der Waals surface area contributed by atoms with Gasteiger partial charge in [0.2, 0.25) is 5.89 Å². The third-order valence-corrected chi connectivity index (χ3v) is 5.36. The van der Waals surface area contributed by atoms with E-state index >= 15 is 0 Å². The Bertz CT molecular complexity index is 646. The highest BCUT2D eigenvalue weighted by Crippen LogP contribution is 2.32. The van der Waals surface area contributed by atoms with Crippen LogP contribution in [0.3, 0.4) is 0 Å². The van der Waals surface area contributed by atoms with Crippen molar-refractivity contribution in [1.82, 2.24) is 25.3 Å². The highest BCUT2D eigenvalue weighted by Gasteiger charge is 2.51. The summed E-state index contributed by atoms with van der Waals surface area (Å²) in [5, 5.41) is 6.94. The number of nitrogens with one attached hydrogen (secondary N) is 1. The minimum atomic E-state index is -0.825. The van der Waals surface area contributed by atoms with Crippen LogP contribution in [0.15, 0.2) is 4.52 Å². The lowest BCUT2D eigenvalue weighted by Crippen LogP contribution is -2.55. The number of hydrogen-bond donors (Lipinski definition) is 1. The van der Waals surface area contributed by atoms with Crippen LogP contribution in [-0.4, -0.2) is 57.6 Å². The van der Waals surface area contributed by atoms with Gasteiger partial charge in [0.1, 0.15) is 5.54 Å². The van der Waals surface area contributed by atoms with E-state index in [1.54, 1.807) is 0 Å². The van der Waals surface area contributed by atoms with Gasteiger partial charge >= 0.3 is 6.03 Å². The van der Waals surface area contributed by atoms with Crippen LogP contribution in [0.25, 0.3) is 0 Å². The Hall–Kier alpha value is -1.96. The van der Waals surface area contributed by atoms with Gasteiger partial charge in [0.25, 0.3) is 5.91 Å². The number of amides is 3. The number of aromatic nitrogens is 2. The Labute approximate surface area is 147 Å². The molecule has 3 amide bonds. The van der Waals surface area contributed by atoms with Crippen LogP contribution in [0.1, 0.15) is 51.2 Å². The van der Waals surface area contributed by atoms with Crippen LogP contribution in [0.4, 0.5) is 4.79 Å². The molecule has 3 rings (SSSR count). The molecule has 8 heteroatoms. The van der Waals surface area contributed by atoms with Crippen molar-refractivity contribution in [1.29, 1.82) is 0 Å². The van der Waals surface area contributed by atoms with Crippen molar-refractivity contribution in [2.45, 2.75) is 58.0 Å². The SMILES string of the molecule is CCCCc1nc(CN2CCC[C@H]([C@]3(C)NC(=O)N(C)C3=O)C2)no1. The maximum Gasteiger partial charge on any atom is 0.324 e. The van der Waals surface area contributed by atoms with Gasteiger partial charge in [-0.2, -0.15) is 4.98 Å². The molecule has 0 spiro atoms. The van der Waals surface area contributed by atoms with Crippen molar-refractivity contribution in [3.05, 3.63) is 11.7 Å². The number of piperidine rings is 1. The van der Waals surface area contributed by atoms with Crippen LogP contribution in [0.2, 0.25) is 0 Å². The maximum absolute atomic E-state index is 12.5. The van der Waals surface area contributed by atoms with Crippen molar-refractivity contribution < 1.29 is 14.1 Å². The van der Waals surface area contributed by atoms with Gasteiger partial charge in [-0.1, -0.05) is 18.5 Å². The van der Waals surface area contributed by atoms with E-state index in [0.717, 1.165) is 45.2 Å². The van der Waals surface area contributed by atoms with Crippen LogP contribution in [0.5, 0.6) is 0 Å². The van der Waals surface area contributed by atoms with Gasteiger partial charge in [-0.25, -0.2) is 4.79 Å². The molecule has 0 bridgehead atoms. The zero-order valence-corrected chi connectivity index (χ0v) is 15.2. The summed E-state index contributed by atoms with van der Waals surface area (Å²) in [4.78, 5) is 32.2. The standard InChI is InChI=1S/C17H27N5O3/c1-4-5-8-14-18-13(20-25-14)11-22-9-6-7-12(10-22)17(2)15(23)21(3)16(24)19-17/h12H,4-11H2,1-3H3,(H,19,24)/t12-,17-/m0/s1. The summed E-state index contributed by atoms with van der Waals surface area (Å²) in [5.74, 6) is 1.31. The highest BCUT2D eigenvalue weighted by molar-refractivity contribution is 6.06. The Balaban J connectivity index is 1.62. The number of unbranched alkanes of at least 4 members (excludes halogenated alkanes) is 1. The second-order valence-corrected chi connectivity index (χ2v) is 7.28. The first kappa shape index (κ1) is 17.8. The monoisotopic (exact) mass is 349 g/mol. The van der Waals surface area contributed by atoms with Gasteiger partial charge < -0.3 is 9.84 Å². The van der Waals surface area contributed by atoms with E-state index in [1.807, 2.05) is 6.92 Å². The molecule has 2 fully saturated rings. The minimum Gasteiger partial charge on any atom is -0.339 e. The van der Waals surface area contributed by atoms with Crippen LogP contribution < -0.4 is 5.32 Å². The van der Waals surface area contributed by atoms with E-state index < -0.39 is 5.54 Å². The zero-order chi connectivity index (χ0) is 18.0. The molecule has 2 saturated heterocycles. The summed E-state index contributed by atoms with van der Waals surface area (Å²) in [6.07, 6.45) is 4.85. The molecule has 1 aromatic rings. The molecule has 2 aliphatic heterocycles. The Morgan fingerprint density at radius 1 is 1.40 bits per heavy atom. The van der Waals surface area contributed by atoms with Gasteiger partial charge in [-0.3, -0.25) is 14.6 Å². The van der Waals surface area contributed by atoms with E-state index in [2.05, 4.69) is 27.3 Å². The molecule has 2 aliphatic rings. The number of carbonyl (C=O) groups is 2. The first-order chi connectivity index (χ1) is 11.9. The number of aryl methyl sites for hydroxylation is 1. The Morgan fingerprint density at radius 2 is 2.20 bits per heavy atom. The van der Waals surface area contributed by atoms with Crippen molar-refractivity contribution in [3.8, 4) is 0 Å². The average molecular weight is 349 g/mol. The molecule has 3 heterocycles. The zero-order valence-electron chi connectivity index (χ0n) is 15.2. The van der Waals surface area contributed by atoms with E-state index in [0.29, 0.717) is 18.3 Å². The predicted octanol–water partition coefficient (Wildman–Crippen LogP) is 1.56. The fourth-order valence-electron chi connectivity index (χ4n) is 3.73. The fraction of sp³-hybridized carbons (Fsp3) is 0.765. The third-order valence-electron chi connectivity index (χ3n) is 5.36. The average Bonchev–Trinajstić information content (AvgIpc) is 3.13. The number of imide groups is 1. The lowest BCUT2D eigenvalue weighted by molar-refractivity contribution is -0.132. The molecule has 0 unspecified atom stereocenters. The number of hydrogen-bond acceptors (Lipinski definition) is 6. The first-order valence-electron chi connectivity index (χ1n) is 9.08. The summed E-state index contributed by atoms with van der Waals surface area (Å²) in [6.45, 7) is 6.24. The summed E-state index contributed by atoms with van der Waals surface area (Å²) in [7, 11) is 1.53. The van der Waals surface area contributed by atoms with Crippen molar-refractivity contribution in [2.75, 3.05) is 20.1 Å². The molecule has 1 aromatic heterocycles.